The first-order valence-corrected chi connectivity index (χ1v) is 9.63. The highest BCUT2D eigenvalue weighted by molar-refractivity contribution is 7.07. The van der Waals surface area contributed by atoms with Gasteiger partial charge in [-0.15, -0.1) is 0 Å². The summed E-state index contributed by atoms with van der Waals surface area (Å²) in [4.78, 5) is 17.3. The van der Waals surface area contributed by atoms with Gasteiger partial charge in [-0.25, -0.2) is 0 Å². The lowest BCUT2D eigenvalue weighted by Crippen LogP contribution is -2.45. The van der Waals surface area contributed by atoms with E-state index in [2.05, 4.69) is 21.7 Å². The number of thiophene rings is 1. The smallest absolute Gasteiger partial charge is 0.228 e. The molecule has 3 heterocycles. The molecule has 1 aromatic rings. The monoisotopic (exact) mass is 352 g/mol. The maximum Gasteiger partial charge on any atom is 0.228 e. The van der Waals surface area contributed by atoms with Crippen LogP contribution >= 0.6 is 11.3 Å². The zero-order valence-corrected chi connectivity index (χ0v) is 15.5. The standard InChI is InChI=1S/C18H28N2O3S/c1-22-9-8-20-14-18(16(12-23-2)17(20)21)4-6-19(7-5-18)11-15-3-10-24-13-15/h3,10,13,16H,4-9,11-12,14H2,1-2H3/t16-/m0/s1. The molecular weight excluding hydrogens is 324 g/mol. The number of hydrogen-bond acceptors (Lipinski definition) is 5. The van der Waals surface area contributed by atoms with Gasteiger partial charge in [0.15, 0.2) is 0 Å². The summed E-state index contributed by atoms with van der Waals surface area (Å²) in [5.74, 6) is 0.253. The number of amides is 1. The van der Waals surface area contributed by atoms with Crippen LogP contribution in [-0.4, -0.2) is 69.3 Å². The first-order valence-electron chi connectivity index (χ1n) is 8.68. The van der Waals surface area contributed by atoms with Gasteiger partial charge in [0.1, 0.15) is 0 Å². The number of nitrogens with zero attached hydrogens (tertiary/aromatic N) is 2. The summed E-state index contributed by atoms with van der Waals surface area (Å²) in [6.07, 6.45) is 2.14. The van der Waals surface area contributed by atoms with Crippen LogP contribution < -0.4 is 0 Å². The molecule has 0 radical (unpaired) electrons. The summed E-state index contributed by atoms with van der Waals surface area (Å²) >= 11 is 1.76. The molecule has 1 aromatic heterocycles. The number of likely N-dealkylation sites (tertiary alicyclic amines) is 2. The Bertz CT molecular complexity index is 526. The van der Waals surface area contributed by atoms with Gasteiger partial charge in [0.05, 0.1) is 19.1 Å². The van der Waals surface area contributed by atoms with Crippen LogP contribution in [0.1, 0.15) is 18.4 Å². The fourth-order valence-electron chi connectivity index (χ4n) is 4.16. The molecule has 0 aliphatic carbocycles. The van der Waals surface area contributed by atoms with Crippen LogP contribution in [0.15, 0.2) is 16.8 Å². The highest BCUT2D eigenvalue weighted by atomic mass is 32.1. The fourth-order valence-corrected chi connectivity index (χ4v) is 4.82. The van der Waals surface area contributed by atoms with Crippen molar-refractivity contribution in [3.8, 4) is 0 Å². The highest BCUT2D eigenvalue weighted by Crippen LogP contribution is 2.45. The summed E-state index contributed by atoms with van der Waals surface area (Å²) in [7, 11) is 3.39. The third-order valence-electron chi connectivity index (χ3n) is 5.59. The van der Waals surface area contributed by atoms with Crippen LogP contribution in [-0.2, 0) is 20.8 Å². The minimum Gasteiger partial charge on any atom is -0.384 e. The zero-order valence-electron chi connectivity index (χ0n) is 14.7. The van der Waals surface area contributed by atoms with E-state index < -0.39 is 0 Å². The van der Waals surface area contributed by atoms with Crippen LogP contribution in [0.2, 0.25) is 0 Å². The predicted molar refractivity (Wildman–Crippen MR) is 95.1 cm³/mol. The van der Waals surface area contributed by atoms with Crippen molar-refractivity contribution in [3.05, 3.63) is 22.4 Å². The Morgan fingerprint density at radius 3 is 2.71 bits per heavy atom. The van der Waals surface area contributed by atoms with E-state index in [4.69, 9.17) is 9.47 Å². The van der Waals surface area contributed by atoms with E-state index in [0.29, 0.717) is 19.8 Å². The van der Waals surface area contributed by atoms with E-state index in [9.17, 15) is 4.79 Å². The number of carbonyl (C=O) groups is 1. The molecule has 2 saturated heterocycles. The summed E-state index contributed by atoms with van der Waals surface area (Å²) in [6.45, 7) is 5.82. The molecule has 1 spiro atoms. The molecule has 6 heteroatoms. The second-order valence-corrected chi connectivity index (χ2v) is 7.81. The third-order valence-corrected chi connectivity index (χ3v) is 6.32. The molecule has 1 atom stereocenters. The molecule has 5 nitrogen and oxygen atoms in total. The normalized spacial score (nSPS) is 24.2. The highest BCUT2D eigenvalue weighted by Gasteiger charge is 2.52. The molecule has 2 fully saturated rings. The number of carbonyl (C=O) groups excluding carboxylic acids is 1. The Kier molecular flexibility index (Phi) is 5.92. The lowest BCUT2D eigenvalue weighted by atomic mass is 9.71. The summed E-state index contributed by atoms with van der Waals surface area (Å²) < 4.78 is 10.6. The first kappa shape index (κ1) is 17.9. The van der Waals surface area contributed by atoms with Crippen molar-refractivity contribution in [2.45, 2.75) is 19.4 Å². The van der Waals surface area contributed by atoms with Crippen LogP contribution in [0, 0.1) is 11.3 Å². The average Bonchev–Trinajstić information content (AvgIpc) is 3.18. The Morgan fingerprint density at radius 1 is 1.29 bits per heavy atom. The van der Waals surface area contributed by atoms with Gasteiger partial charge in [-0.05, 0) is 48.3 Å². The van der Waals surface area contributed by atoms with Gasteiger partial charge in [0, 0.05) is 39.3 Å². The molecule has 134 valence electrons. The molecule has 0 saturated carbocycles. The van der Waals surface area contributed by atoms with Gasteiger partial charge in [-0.3, -0.25) is 9.69 Å². The largest absolute Gasteiger partial charge is 0.384 e. The van der Waals surface area contributed by atoms with E-state index >= 15 is 0 Å². The number of methoxy groups -OCH3 is 2. The van der Waals surface area contributed by atoms with Crippen LogP contribution in [0.3, 0.4) is 0 Å². The van der Waals surface area contributed by atoms with E-state index in [1.54, 1.807) is 25.6 Å². The molecule has 3 rings (SSSR count). The molecule has 0 bridgehead atoms. The van der Waals surface area contributed by atoms with Gasteiger partial charge in [0.2, 0.25) is 5.91 Å². The zero-order chi connectivity index (χ0) is 17.0. The molecule has 0 unspecified atom stereocenters. The molecule has 1 amide bonds. The van der Waals surface area contributed by atoms with E-state index in [1.165, 1.54) is 5.56 Å². The quantitative estimate of drug-likeness (QED) is 0.753. The maximum atomic E-state index is 12.8. The minimum atomic E-state index is 0.00246. The van der Waals surface area contributed by atoms with E-state index in [0.717, 1.165) is 39.0 Å². The fraction of sp³-hybridized carbons (Fsp3) is 0.722. The molecular formula is C18H28N2O3S. The third kappa shape index (κ3) is 3.67. The number of rotatable bonds is 7. The predicted octanol–water partition coefficient (Wildman–Crippen LogP) is 2.08. The van der Waals surface area contributed by atoms with Gasteiger partial charge < -0.3 is 14.4 Å². The Balaban J connectivity index is 1.64. The van der Waals surface area contributed by atoms with Gasteiger partial charge in [-0.1, -0.05) is 0 Å². The maximum absolute atomic E-state index is 12.8. The molecule has 2 aliphatic rings. The Hall–Kier alpha value is -0.950. The second-order valence-electron chi connectivity index (χ2n) is 7.03. The summed E-state index contributed by atoms with van der Waals surface area (Å²) in [5.41, 5.74) is 1.47. The van der Waals surface area contributed by atoms with Crippen molar-refractivity contribution in [2.75, 3.05) is 53.6 Å². The van der Waals surface area contributed by atoms with Gasteiger partial charge in [0.25, 0.3) is 0 Å². The van der Waals surface area contributed by atoms with Gasteiger partial charge in [-0.2, -0.15) is 11.3 Å². The summed E-state index contributed by atoms with van der Waals surface area (Å²) in [6, 6.07) is 2.20. The van der Waals surface area contributed by atoms with Crippen LogP contribution in [0.4, 0.5) is 0 Å². The summed E-state index contributed by atoms with van der Waals surface area (Å²) in [5, 5.41) is 4.36. The lowest BCUT2D eigenvalue weighted by molar-refractivity contribution is -0.134. The van der Waals surface area contributed by atoms with Crippen molar-refractivity contribution >= 4 is 17.2 Å². The topological polar surface area (TPSA) is 42.0 Å². The number of ether oxygens (including phenoxy) is 2. The molecule has 0 aromatic carbocycles. The van der Waals surface area contributed by atoms with Crippen molar-refractivity contribution in [2.24, 2.45) is 11.3 Å². The van der Waals surface area contributed by atoms with Crippen molar-refractivity contribution in [3.63, 3.8) is 0 Å². The van der Waals surface area contributed by atoms with Crippen molar-refractivity contribution in [1.29, 1.82) is 0 Å². The van der Waals surface area contributed by atoms with E-state index in [-0.39, 0.29) is 17.2 Å². The Morgan fingerprint density at radius 2 is 2.08 bits per heavy atom. The van der Waals surface area contributed by atoms with Crippen molar-refractivity contribution in [1.82, 2.24) is 9.80 Å². The second kappa shape index (κ2) is 7.95. The van der Waals surface area contributed by atoms with Crippen LogP contribution in [0.25, 0.3) is 0 Å². The minimum absolute atomic E-state index is 0.00246. The van der Waals surface area contributed by atoms with E-state index in [1.807, 2.05) is 4.90 Å². The SMILES string of the molecule is COCCN1CC2(CCN(Cc3ccsc3)CC2)[C@@H](COC)C1=O. The van der Waals surface area contributed by atoms with Crippen molar-refractivity contribution < 1.29 is 14.3 Å². The van der Waals surface area contributed by atoms with Gasteiger partial charge >= 0.3 is 0 Å². The first-order chi connectivity index (χ1) is 11.7. The Labute approximate surface area is 148 Å². The number of hydrogen-bond donors (Lipinski definition) is 0. The van der Waals surface area contributed by atoms with Crippen LogP contribution in [0.5, 0.6) is 0 Å². The molecule has 2 aliphatic heterocycles. The lowest BCUT2D eigenvalue weighted by Gasteiger charge is -2.41. The number of piperidine rings is 1. The molecule has 24 heavy (non-hydrogen) atoms. The molecule has 0 N–H and O–H groups in total. The average molecular weight is 353 g/mol.